The topological polar surface area (TPSA) is 12.0 Å². The van der Waals surface area contributed by atoms with Gasteiger partial charge in [-0.3, -0.25) is 0 Å². The van der Waals surface area contributed by atoms with Crippen LogP contribution in [0, 0.1) is 5.92 Å². The summed E-state index contributed by atoms with van der Waals surface area (Å²) >= 11 is 0. The second kappa shape index (κ2) is 4.92. The molecule has 3 atom stereocenters. The lowest BCUT2D eigenvalue weighted by atomic mass is 9.67. The van der Waals surface area contributed by atoms with Crippen LogP contribution < -0.4 is 5.32 Å². The Morgan fingerprint density at radius 3 is 2.28 bits per heavy atom. The van der Waals surface area contributed by atoms with E-state index in [-0.39, 0.29) is 0 Å². The van der Waals surface area contributed by atoms with Gasteiger partial charge in [0, 0.05) is 6.04 Å². The standard InChI is InChI=1S/C14H18F3N/c1-3-18-13-8-12(9(13)2)10-4-6-11(7-5-10)14(15,16)17/h4-7,9,12-13,18H,3,8H2,1-2H3. The van der Waals surface area contributed by atoms with Crippen LogP contribution in [-0.4, -0.2) is 12.6 Å². The summed E-state index contributed by atoms with van der Waals surface area (Å²) < 4.78 is 37.3. The van der Waals surface area contributed by atoms with Gasteiger partial charge in [0.25, 0.3) is 0 Å². The minimum absolute atomic E-state index is 0.385. The van der Waals surface area contributed by atoms with Crippen LogP contribution in [0.1, 0.15) is 37.3 Å². The molecule has 1 aromatic rings. The normalized spacial score (nSPS) is 27.9. The fraction of sp³-hybridized carbons (Fsp3) is 0.571. The third-order valence-electron chi connectivity index (χ3n) is 3.91. The van der Waals surface area contributed by atoms with Gasteiger partial charge in [-0.1, -0.05) is 26.0 Å². The smallest absolute Gasteiger partial charge is 0.314 e. The molecule has 0 aromatic heterocycles. The van der Waals surface area contributed by atoms with Gasteiger partial charge in [-0.15, -0.1) is 0 Å². The second-order valence-corrected chi connectivity index (χ2v) is 4.99. The highest BCUT2D eigenvalue weighted by molar-refractivity contribution is 5.29. The predicted molar refractivity (Wildman–Crippen MR) is 65.4 cm³/mol. The number of rotatable bonds is 3. The molecule has 1 nitrogen and oxygen atoms in total. The number of alkyl halides is 3. The summed E-state index contributed by atoms with van der Waals surface area (Å²) in [5.41, 5.74) is 0.450. The SMILES string of the molecule is CCNC1CC(c2ccc(C(F)(F)F)cc2)C1C. The molecule has 0 saturated heterocycles. The predicted octanol–water partition coefficient (Wildman–Crippen LogP) is 3.81. The van der Waals surface area contributed by atoms with Gasteiger partial charge in [0.1, 0.15) is 0 Å². The zero-order valence-electron chi connectivity index (χ0n) is 10.6. The van der Waals surface area contributed by atoms with Crippen molar-refractivity contribution in [3.63, 3.8) is 0 Å². The lowest BCUT2D eigenvalue weighted by Gasteiger charge is -2.43. The van der Waals surface area contributed by atoms with Gasteiger partial charge >= 0.3 is 6.18 Å². The third-order valence-corrected chi connectivity index (χ3v) is 3.91. The van der Waals surface area contributed by atoms with E-state index in [9.17, 15) is 13.2 Å². The summed E-state index contributed by atoms with van der Waals surface area (Å²) in [4.78, 5) is 0. The first-order chi connectivity index (χ1) is 8.43. The van der Waals surface area contributed by atoms with E-state index in [1.165, 1.54) is 12.1 Å². The molecular formula is C14H18F3N. The molecule has 100 valence electrons. The van der Waals surface area contributed by atoms with Crippen LogP contribution in [0.3, 0.4) is 0 Å². The van der Waals surface area contributed by atoms with Gasteiger partial charge in [0.2, 0.25) is 0 Å². The van der Waals surface area contributed by atoms with Crippen LogP contribution in [-0.2, 0) is 6.18 Å². The molecule has 0 aliphatic heterocycles. The molecular weight excluding hydrogens is 239 g/mol. The number of hydrogen-bond acceptors (Lipinski definition) is 1. The molecule has 0 amide bonds. The zero-order valence-corrected chi connectivity index (χ0v) is 10.6. The van der Waals surface area contributed by atoms with E-state index in [0.717, 1.165) is 18.5 Å². The lowest BCUT2D eigenvalue weighted by molar-refractivity contribution is -0.137. The van der Waals surface area contributed by atoms with Gasteiger partial charge in [0.15, 0.2) is 0 Å². The summed E-state index contributed by atoms with van der Waals surface area (Å²) in [6.07, 6.45) is -3.23. The van der Waals surface area contributed by atoms with E-state index >= 15 is 0 Å². The lowest BCUT2D eigenvalue weighted by Crippen LogP contribution is -2.47. The van der Waals surface area contributed by atoms with Gasteiger partial charge in [-0.25, -0.2) is 0 Å². The third kappa shape index (κ3) is 2.53. The minimum Gasteiger partial charge on any atom is -0.314 e. The van der Waals surface area contributed by atoms with Crippen LogP contribution in [0.15, 0.2) is 24.3 Å². The summed E-state index contributed by atoms with van der Waals surface area (Å²) in [5.74, 6) is 0.873. The Balaban J connectivity index is 2.04. The Morgan fingerprint density at radius 2 is 1.83 bits per heavy atom. The molecule has 1 saturated carbocycles. The van der Waals surface area contributed by atoms with Crippen molar-refractivity contribution < 1.29 is 13.2 Å². The minimum atomic E-state index is -4.24. The van der Waals surface area contributed by atoms with E-state index in [1.807, 2.05) is 0 Å². The highest BCUT2D eigenvalue weighted by Gasteiger charge is 2.38. The van der Waals surface area contributed by atoms with Crippen LogP contribution in [0.2, 0.25) is 0 Å². The van der Waals surface area contributed by atoms with Crippen molar-refractivity contribution >= 4 is 0 Å². The quantitative estimate of drug-likeness (QED) is 0.868. The van der Waals surface area contributed by atoms with Gasteiger partial charge < -0.3 is 5.32 Å². The molecule has 0 spiro atoms. The van der Waals surface area contributed by atoms with Crippen LogP contribution >= 0.6 is 0 Å². The average Bonchev–Trinajstić information content (AvgIpc) is 2.32. The fourth-order valence-corrected chi connectivity index (χ4v) is 2.68. The van der Waals surface area contributed by atoms with E-state index in [1.54, 1.807) is 12.1 Å². The Bertz CT molecular complexity index is 396. The molecule has 0 bridgehead atoms. The fourth-order valence-electron chi connectivity index (χ4n) is 2.68. The number of hydrogen-bond donors (Lipinski definition) is 1. The van der Waals surface area contributed by atoms with Crippen LogP contribution in [0.5, 0.6) is 0 Å². The maximum atomic E-state index is 12.4. The first kappa shape index (κ1) is 13.4. The number of benzene rings is 1. The van der Waals surface area contributed by atoms with Crippen molar-refractivity contribution in [2.75, 3.05) is 6.54 Å². The van der Waals surface area contributed by atoms with Crippen molar-refractivity contribution in [2.45, 2.75) is 38.4 Å². The van der Waals surface area contributed by atoms with E-state index in [0.29, 0.717) is 17.9 Å². The van der Waals surface area contributed by atoms with Crippen LogP contribution in [0.4, 0.5) is 13.2 Å². The van der Waals surface area contributed by atoms with Crippen molar-refractivity contribution in [3.8, 4) is 0 Å². The molecule has 1 aromatic carbocycles. The first-order valence-electron chi connectivity index (χ1n) is 6.34. The molecule has 2 rings (SSSR count). The van der Waals surface area contributed by atoms with Crippen molar-refractivity contribution in [1.82, 2.24) is 5.32 Å². The highest BCUT2D eigenvalue weighted by Crippen LogP contribution is 2.43. The van der Waals surface area contributed by atoms with Crippen molar-refractivity contribution in [3.05, 3.63) is 35.4 Å². The Labute approximate surface area is 105 Å². The van der Waals surface area contributed by atoms with Gasteiger partial charge in [-0.05, 0) is 42.5 Å². The highest BCUT2D eigenvalue weighted by atomic mass is 19.4. The molecule has 1 fully saturated rings. The first-order valence-corrected chi connectivity index (χ1v) is 6.34. The molecule has 1 aliphatic carbocycles. The van der Waals surface area contributed by atoms with E-state index < -0.39 is 11.7 Å². The molecule has 4 heteroatoms. The zero-order chi connectivity index (χ0) is 13.3. The molecule has 0 radical (unpaired) electrons. The average molecular weight is 257 g/mol. The molecule has 18 heavy (non-hydrogen) atoms. The van der Waals surface area contributed by atoms with E-state index in [4.69, 9.17) is 0 Å². The summed E-state index contributed by atoms with van der Waals surface area (Å²) in [5, 5.41) is 3.39. The van der Waals surface area contributed by atoms with Gasteiger partial charge in [-0.2, -0.15) is 13.2 Å². The number of halogens is 3. The maximum Gasteiger partial charge on any atom is 0.416 e. The van der Waals surface area contributed by atoms with Crippen LogP contribution in [0.25, 0.3) is 0 Å². The molecule has 1 N–H and O–H groups in total. The van der Waals surface area contributed by atoms with Crippen molar-refractivity contribution in [1.29, 1.82) is 0 Å². The maximum absolute atomic E-state index is 12.4. The Kier molecular flexibility index (Phi) is 3.66. The molecule has 3 unspecified atom stereocenters. The monoisotopic (exact) mass is 257 g/mol. The van der Waals surface area contributed by atoms with Crippen molar-refractivity contribution in [2.24, 2.45) is 5.92 Å². The summed E-state index contributed by atoms with van der Waals surface area (Å²) in [6, 6.07) is 6.10. The second-order valence-electron chi connectivity index (χ2n) is 4.99. The largest absolute Gasteiger partial charge is 0.416 e. The summed E-state index contributed by atoms with van der Waals surface area (Å²) in [7, 11) is 0. The van der Waals surface area contributed by atoms with E-state index in [2.05, 4.69) is 19.2 Å². The Morgan fingerprint density at radius 1 is 1.22 bits per heavy atom. The van der Waals surface area contributed by atoms with Gasteiger partial charge in [0.05, 0.1) is 5.56 Å². The Hall–Kier alpha value is -1.03. The number of nitrogens with one attached hydrogen (secondary N) is 1. The molecule has 0 heterocycles. The summed E-state index contributed by atoms with van der Waals surface area (Å²) in [6.45, 7) is 5.16. The molecule has 1 aliphatic rings.